The van der Waals surface area contributed by atoms with Crippen molar-refractivity contribution in [3.05, 3.63) is 0 Å². The highest BCUT2D eigenvalue weighted by Gasteiger charge is 2.39. The summed E-state index contributed by atoms with van der Waals surface area (Å²) < 4.78 is 0. The summed E-state index contributed by atoms with van der Waals surface area (Å²) >= 11 is 0. The number of nitrogens with one attached hydrogen (secondary N) is 1. The molecular weight excluding hydrogens is 224 g/mol. The van der Waals surface area contributed by atoms with Crippen molar-refractivity contribution in [3.63, 3.8) is 0 Å². The van der Waals surface area contributed by atoms with Gasteiger partial charge in [-0.3, -0.25) is 4.79 Å². The van der Waals surface area contributed by atoms with Gasteiger partial charge in [0.2, 0.25) is 5.91 Å². The van der Waals surface area contributed by atoms with Crippen LogP contribution in [0.4, 0.5) is 0 Å². The Labute approximate surface area is 112 Å². The summed E-state index contributed by atoms with van der Waals surface area (Å²) in [6, 6.07) is 0.316. The van der Waals surface area contributed by atoms with E-state index in [1.165, 1.54) is 6.42 Å². The van der Waals surface area contributed by atoms with Gasteiger partial charge in [-0.1, -0.05) is 34.6 Å². The topological polar surface area (TPSA) is 55.1 Å². The SMILES string of the molecule is CC(CCN)C(=O)NC1CC(C)(C)CC(C)(C)C1. The van der Waals surface area contributed by atoms with E-state index in [-0.39, 0.29) is 11.8 Å². The summed E-state index contributed by atoms with van der Waals surface area (Å²) in [6.45, 7) is 11.7. The fourth-order valence-electron chi connectivity index (χ4n) is 3.67. The third kappa shape index (κ3) is 4.60. The van der Waals surface area contributed by atoms with Crippen LogP contribution in [0, 0.1) is 16.7 Å². The fraction of sp³-hybridized carbons (Fsp3) is 0.933. The Hall–Kier alpha value is -0.570. The summed E-state index contributed by atoms with van der Waals surface area (Å²) in [5.41, 5.74) is 6.14. The molecule has 1 unspecified atom stereocenters. The summed E-state index contributed by atoms with van der Waals surface area (Å²) in [5.74, 6) is 0.196. The molecule has 0 bridgehead atoms. The second kappa shape index (κ2) is 5.60. The van der Waals surface area contributed by atoms with E-state index in [9.17, 15) is 4.79 Å². The Balaban J connectivity index is 2.59. The minimum atomic E-state index is 0.0307. The Morgan fingerprint density at radius 2 is 1.78 bits per heavy atom. The summed E-state index contributed by atoms with van der Waals surface area (Å²) in [5, 5.41) is 3.22. The van der Waals surface area contributed by atoms with Crippen LogP contribution in [-0.2, 0) is 4.79 Å². The number of hydrogen-bond donors (Lipinski definition) is 2. The van der Waals surface area contributed by atoms with Gasteiger partial charge in [-0.15, -0.1) is 0 Å². The normalized spacial score (nSPS) is 24.6. The van der Waals surface area contributed by atoms with Crippen LogP contribution in [-0.4, -0.2) is 18.5 Å². The molecule has 0 radical (unpaired) electrons. The van der Waals surface area contributed by atoms with E-state index >= 15 is 0 Å². The van der Waals surface area contributed by atoms with Crippen molar-refractivity contribution in [1.82, 2.24) is 5.32 Å². The molecule has 3 heteroatoms. The number of rotatable bonds is 4. The maximum atomic E-state index is 12.1. The molecule has 3 N–H and O–H groups in total. The highest BCUT2D eigenvalue weighted by Crippen LogP contribution is 2.45. The zero-order valence-electron chi connectivity index (χ0n) is 12.7. The van der Waals surface area contributed by atoms with E-state index in [0.717, 1.165) is 19.3 Å². The second-order valence-electron chi connectivity index (χ2n) is 7.60. The van der Waals surface area contributed by atoms with Crippen LogP contribution in [0.3, 0.4) is 0 Å². The standard InChI is InChI=1S/C15H30N2O/c1-11(6-7-16)13(18)17-12-8-14(2,3)10-15(4,5)9-12/h11-12H,6-10,16H2,1-5H3,(H,17,18). The van der Waals surface area contributed by atoms with Crippen LogP contribution in [0.5, 0.6) is 0 Å². The average molecular weight is 254 g/mol. The smallest absolute Gasteiger partial charge is 0.223 e. The van der Waals surface area contributed by atoms with Crippen molar-refractivity contribution in [2.75, 3.05) is 6.54 Å². The van der Waals surface area contributed by atoms with Gasteiger partial charge in [0.25, 0.3) is 0 Å². The van der Waals surface area contributed by atoms with Gasteiger partial charge >= 0.3 is 0 Å². The Kier molecular flexibility index (Phi) is 4.82. The number of nitrogens with two attached hydrogens (primary N) is 1. The molecule has 1 amide bonds. The van der Waals surface area contributed by atoms with Crippen LogP contribution in [0.2, 0.25) is 0 Å². The van der Waals surface area contributed by atoms with Crippen LogP contribution >= 0.6 is 0 Å². The summed E-state index contributed by atoms with van der Waals surface area (Å²) in [7, 11) is 0. The van der Waals surface area contributed by atoms with Crippen molar-refractivity contribution < 1.29 is 4.79 Å². The molecule has 1 aliphatic carbocycles. The van der Waals surface area contributed by atoms with Crippen molar-refractivity contribution >= 4 is 5.91 Å². The fourth-order valence-corrected chi connectivity index (χ4v) is 3.67. The van der Waals surface area contributed by atoms with E-state index in [1.54, 1.807) is 0 Å². The molecule has 1 atom stereocenters. The molecule has 106 valence electrons. The Bertz CT molecular complexity index is 281. The number of amides is 1. The first-order chi connectivity index (χ1) is 8.15. The molecular formula is C15H30N2O. The van der Waals surface area contributed by atoms with Gasteiger partial charge in [-0.2, -0.15) is 0 Å². The molecule has 0 aromatic heterocycles. The second-order valence-corrected chi connectivity index (χ2v) is 7.60. The summed E-state index contributed by atoms with van der Waals surface area (Å²) in [4.78, 5) is 12.1. The average Bonchev–Trinajstić information content (AvgIpc) is 2.12. The zero-order valence-corrected chi connectivity index (χ0v) is 12.7. The highest BCUT2D eigenvalue weighted by atomic mass is 16.1. The van der Waals surface area contributed by atoms with Crippen molar-refractivity contribution in [3.8, 4) is 0 Å². The maximum Gasteiger partial charge on any atom is 0.223 e. The van der Waals surface area contributed by atoms with E-state index in [4.69, 9.17) is 5.73 Å². The minimum Gasteiger partial charge on any atom is -0.353 e. The quantitative estimate of drug-likeness (QED) is 0.810. The lowest BCUT2D eigenvalue weighted by atomic mass is 9.63. The molecule has 1 aliphatic rings. The first kappa shape index (κ1) is 15.5. The predicted octanol–water partition coefficient (Wildman–Crippen LogP) is 2.69. The predicted molar refractivity (Wildman–Crippen MR) is 76.2 cm³/mol. The molecule has 0 aromatic carbocycles. The lowest BCUT2D eigenvalue weighted by molar-refractivity contribution is -0.126. The third-order valence-corrected chi connectivity index (χ3v) is 3.95. The first-order valence-corrected chi connectivity index (χ1v) is 7.16. The summed E-state index contributed by atoms with van der Waals surface area (Å²) in [6.07, 6.45) is 4.16. The first-order valence-electron chi connectivity index (χ1n) is 7.16. The van der Waals surface area contributed by atoms with Crippen LogP contribution in [0.1, 0.15) is 60.3 Å². The van der Waals surface area contributed by atoms with Gasteiger partial charge in [-0.05, 0) is 43.1 Å². The van der Waals surface area contributed by atoms with E-state index < -0.39 is 0 Å². The van der Waals surface area contributed by atoms with Gasteiger partial charge in [0, 0.05) is 12.0 Å². The number of carbonyl (C=O) groups excluding carboxylic acids is 1. The van der Waals surface area contributed by atoms with Gasteiger partial charge < -0.3 is 11.1 Å². The van der Waals surface area contributed by atoms with E-state index in [0.29, 0.717) is 23.4 Å². The van der Waals surface area contributed by atoms with Crippen LogP contribution < -0.4 is 11.1 Å². The van der Waals surface area contributed by atoms with Crippen LogP contribution in [0.15, 0.2) is 0 Å². The zero-order chi connectivity index (χ0) is 14.0. The largest absolute Gasteiger partial charge is 0.353 e. The minimum absolute atomic E-state index is 0.0307. The molecule has 0 aliphatic heterocycles. The molecule has 0 saturated heterocycles. The van der Waals surface area contributed by atoms with Crippen molar-refractivity contribution in [2.45, 2.75) is 66.3 Å². The molecule has 18 heavy (non-hydrogen) atoms. The highest BCUT2D eigenvalue weighted by molar-refractivity contribution is 5.78. The Morgan fingerprint density at radius 1 is 1.28 bits per heavy atom. The van der Waals surface area contributed by atoms with Crippen molar-refractivity contribution in [2.24, 2.45) is 22.5 Å². The third-order valence-electron chi connectivity index (χ3n) is 3.95. The molecule has 1 saturated carbocycles. The molecule has 0 aromatic rings. The lowest BCUT2D eigenvalue weighted by Crippen LogP contribution is -2.47. The molecule has 0 spiro atoms. The van der Waals surface area contributed by atoms with E-state index in [2.05, 4.69) is 33.0 Å². The van der Waals surface area contributed by atoms with Gasteiger partial charge in [0.15, 0.2) is 0 Å². The van der Waals surface area contributed by atoms with Gasteiger partial charge in [0.1, 0.15) is 0 Å². The van der Waals surface area contributed by atoms with E-state index in [1.807, 2.05) is 6.92 Å². The Morgan fingerprint density at radius 3 is 2.22 bits per heavy atom. The lowest BCUT2D eigenvalue weighted by Gasteiger charge is -2.45. The number of carbonyl (C=O) groups is 1. The van der Waals surface area contributed by atoms with Crippen LogP contribution in [0.25, 0.3) is 0 Å². The van der Waals surface area contributed by atoms with Gasteiger partial charge in [-0.25, -0.2) is 0 Å². The molecule has 1 fully saturated rings. The van der Waals surface area contributed by atoms with Gasteiger partial charge in [0.05, 0.1) is 0 Å². The monoisotopic (exact) mass is 254 g/mol. The number of hydrogen-bond acceptors (Lipinski definition) is 2. The molecule has 1 rings (SSSR count). The maximum absolute atomic E-state index is 12.1. The molecule has 0 heterocycles. The van der Waals surface area contributed by atoms with Crippen molar-refractivity contribution in [1.29, 1.82) is 0 Å². The molecule has 3 nitrogen and oxygen atoms in total.